The minimum atomic E-state index is 0.535. The van der Waals surface area contributed by atoms with Crippen molar-refractivity contribution in [3.63, 3.8) is 0 Å². The van der Waals surface area contributed by atoms with Crippen LogP contribution in [0.1, 0.15) is 23.9 Å². The zero-order valence-electron chi connectivity index (χ0n) is 10.5. The molecule has 0 atom stereocenters. The number of nitrogens with zero attached hydrogens (tertiary/aromatic N) is 2. The van der Waals surface area contributed by atoms with Crippen LogP contribution in [0.5, 0.6) is 0 Å². The molecule has 0 saturated heterocycles. The molecule has 1 heterocycles. The minimum Gasteiger partial charge on any atom is -0.384 e. The number of nitrogens with two attached hydrogens (primary N) is 1. The fraction of sp³-hybridized carbons (Fsp3) is 0.286. The quantitative estimate of drug-likeness (QED) is 0.858. The summed E-state index contributed by atoms with van der Waals surface area (Å²) in [5, 5.41) is 0. The van der Waals surface area contributed by atoms with Gasteiger partial charge in [0.2, 0.25) is 0 Å². The molecule has 0 aliphatic carbocycles. The van der Waals surface area contributed by atoms with E-state index in [4.69, 9.17) is 5.73 Å². The van der Waals surface area contributed by atoms with Crippen LogP contribution in [0.3, 0.4) is 0 Å². The zero-order chi connectivity index (χ0) is 12.4. The SMILES string of the molecule is CCc1nc(N)cc(-c2cccc(C)c2C)n1. The first-order chi connectivity index (χ1) is 8.11. The van der Waals surface area contributed by atoms with Crippen LogP contribution in [-0.4, -0.2) is 9.97 Å². The molecular weight excluding hydrogens is 210 g/mol. The van der Waals surface area contributed by atoms with Gasteiger partial charge in [0.05, 0.1) is 5.69 Å². The lowest BCUT2D eigenvalue weighted by atomic mass is 10.0. The number of aryl methyl sites for hydroxylation is 2. The normalized spacial score (nSPS) is 10.5. The van der Waals surface area contributed by atoms with E-state index in [2.05, 4.69) is 35.9 Å². The van der Waals surface area contributed by atoms with Gasteiger partial charge in [-0.05, 0) is 25.0 Å². The molecule has 0 saturated carbocycles. The van der Waals surface area contributed by atoms with Crippen LogP contribution in [0.2, 0.25) is 0 Å². The molecule has 2 rings (SSSR count). The molecule has 3 heteroatoms. The molecule has 0 fully saturated rings. The fourth-order valence-corrected chi connectivity index (χ4v) is 1.84. The highest BCUT2D eigenvalue weighted by atomic mass is 14.9. The van der Waals surface area contributed by atoms with Crippen molar-refractivity contribution in [2.24, 2.45) is 0 Å². The summed E-state index contributed by atoms with van der Waals surface area (Å²) in [7, 11) is 0. The van der Waals surface area contributed by atoms with Gasteiger partial charge in [0.25, 0.3) is 0 Å². The van der Waals surface area contributed by atoms with Gasteiger partial charge < -0.3 is 5.73 Å². The second-order valence-electron chi connectivity index (χ2n) is 4.20. The van der Waals surface area contributed by atoms with Crippen molar-refractivity contribution < 1.29 is 0 Å². The Morgan fingerprint density at radius 2 is 1.94 bits per heavy atom. The Bertz CT molecular complexity index is 547. The van der Waals surface area contributed by atoms with Crippen molar-refractivity contribution >= 4 is 5.82 Å². The van der Waals surface area contributed by atoms with Crippen LogP contribution in [0.25, 0.3) is 11.3 Å². The van der Waals surface area contributed by atoms with E-state index in [-0.39, 0.29) is 0 Å². The van der Waals surface area contributed by atoms with E-state index >= 15 is 0 Å². The topological polar surface area (TPSA) is 51.8 Å². The molecule has 0 aliphatic rings. The van der Waals surface area contributed by atoms with Crippen molar-refractivity contribution in [1.82, 2.24) is 9.97 Å². The molecular formula is C14H17N3. The Balaban J connectivity index is 2.60. The summed E-state index contributed by atoms with van der Waals surface area (Å²) < 4.78 is 0. The van der Waals surface area contributed by atoms with E-state index in [1.165, 1.54) is 11.1 Å². The van der Waals surface area contributed by atoms with Gasteiger partial charge in [-0.25, -0.2) is 9.97 Å². The Hall–Kier alpha value is -1.90. The third kappa shape index (κ3) is 2.28. The smallest absolute Gasteiger partial charge is 0.131 e. The van der Waals surface area contributed by atoms with Crippen molar-refractivity contribution in [1.29, 1.82) is 0 Å². The number of hydrogen-bond acceptors (Lipinski definition) is 3. The van der Waals surface area contributed by atoms with Crippen LogP contribution in [0.4, 0.5) is 5.82 Å². The fourth-order valence-electron chi connectivity index (χ4n) is 1.84. The maximum atomic E-state index is 5.81. The molecule has 17 heavy (non-hydrogen) atoms. The first-order valence-corrected chi connectivity index (χ1v) is 5.82. The summed E-state index contributed by atoms with van der Waals surface area (Å²) in [6.45, 7) is 6.24. The van der Waals surface area contributed by atoms with Crippen LogP contribution >= 0.6 is 0 Å². The molecule has 1 aromatic carbocycles. The average molecular weight is 227 g/mol. The monoisotopic (exact) mass is 227 g/mol. The Labute approximate surface area is 102 Å². The van der Waals surface area contributed by atoms with E-state index in [0.717, 1.165) is 23.5 Å². The minimum absolute atomic E-state index is 0.535. The first kappa shape index (κ1) is 11.6. The van der Waals surface area contributed by atoms with Crippen LogP contribution in [0, 0.1) is 13.8 Å². The summed E-state index contributed by atoms with van der Waals surface area (Å²) >= 11 is 0. The van der Waals surface area contributed by atoms with E-state index < -0.39 is 0 Å². The van der Waals surface area contributed by atoms with Gasteiger partial charge in [-0.2, -0.15) is 0 Å². The number of aromatic nitrogens is 2. The largest absolute Gasteiger partial charge is 0.384 e. The molecule has 1 aromatic heterocycles. The van der Waals surface area contributed by atoms with E-state index in [1.807, 2.05) is 19.1 Å². The second-order valence-corrected chi connectivity index (χ2v) is 4.20. The van der Waals surface area contributed by atoms with Gasteiger partial charge in [0.15, 0.2) is 0 Å². The van der Waals surface area contributed by atoms with Crippen molar-refractivity contribution in [3.05, 3.63) is 41.2 Å². The number of anilines is 1. The third-order valence-corrected chi connectivity index (χ3v) is 2.99. The number of nitrogen functional groups attached to an aromatic ring is 1. The van der Waals surface area contributed by atoms with E-state index in [9.17, 15) is 0 Å². The summed E-state index contributed by atoms with van der Waals surface area (Å²) in [6, 6.07) is 8.05. The molecule has 2 N–H and O–H groups in total. The van der Waals surface area contributed by atoms with Crippen molar-refractivity contribution in [2.45, 2.75) is 27.2 Å². The molecule has 0 amide bonds. The summed E-state index contributed by atoms with van der Waals surface area (Å²) in [5.41, 5.74) is 10.4. The number of benzene rings is 1. The Morgan fingerprint density at radius 3 is 2.65 bits per heavy atom. The van der Waals surface area contributed by atoms with Crippen LogP contribution in [-0.2, 0) is 6.42 Å². The van der Waals surface area contributed by atoms with E-state index in [0.29, 0.717) is 5.82 Å². The maximum absolute atomic E-state index is 5.81. The molecule has 0 bridgehead atoms. The van der Waals surface area contributed by atoms with Gasteiger partial charge in [0.1, 0.15) is 11.6 Å². The highest BCUT2D eigenvalue weighted by Crippen LogP contribution is 2.24. The molecule has 0 unspecified atom stereocenters. The number of hydrogen-bond donors (Lipinski definition) is 1. The van der Waals surface area contributed by atoms with Gasteiger partial charge >= 0.3 is 0 Å². The average Bonchev–Trinajstić information content (AvgIpc) is 2.31. The lowest BCUT2D eigenvalue weighted by Gasteiger charge is -2.09. The molecule has 0 aliphatic heterocycles. The predicted molar refractivity (Wildman–Crippen MR) is 70.7 cm³/mol. The second kappa shape index (κ2) is 4.53. The third-order valence-electron chi connectivity index (χ3n) is 2.99. The predicted octanol–water partition coefficient (Wildman–Crippen LogP) is 2.91. The molecule has 88 valence electrons. The Kier molecular flexibility index (Phi) is 3.09. The van der Waals surface area contributed by atoms with Gasteiger partial charge in [0, 0.05) is 18.1 Å². The maximum Gasteiger partial charge on any atom is 0.131 e. The lowest BCUT2D eigenvalue weighted by Crippen LogP contribution is -2.01. The summed E-state index contributed by atoms with van der Waals surface area (Å²) in [4.78, 5) is 8.73. The molecule has 2 aromatic rings. The van der Waals surface area contributed by atoms with Gasteiger partial charge in [-0.3, -0.25) is 0 Å². The highest BCUT2D eigenvalue weighted by Gasteiger charge is 2.07. The van der Waals surface area contributed by atoms with Crippen molar-refractivity contribution in [2.75, 3.05) is 5.73 Å². The standard InChI is InChI=1S/C14H17N3/c1-4-14-16-12(8-13(15)17-14)11-7-5-6-9(2)10(11)3/h5-8H,4H2,1-3H3,(H2,15,16,17). The van der Waals surface area contributed by atoms with E-state index in [1.54, 1.807) is 0 Å². The first-order valence-electron chi connectivity index (χ1n) is 5.82. The van der Waals surface area contributed by atoms with Gasteiger partial charge in [-0.1, -0.05) is 25.1 Å². The molecule has 0 spiro atoms. The zero-order valence-corrected chi connectivity index (χ0v) is 10.5. The molecule has 0 radical (unpaired) electrons. The highest BCUT2D eigenvalue weighted by molar-refractivity contribution is 5.66. The molecule has 3 nitrogen and oxygen atoms in total. The van der Waals surface area contributed by atoms with Crippen molar-refractivity contribution in [3.8, 4) is 11.3 Å². The number of rotatable bonds is 2. The van der Waals surface area contributed by atoms with Gasteiger partial charge in [-0.15, -0.1) is 0 Å². The lowest BCUT2D eigenvalue weighted by molar-refractivity contribution is 0.948. The van der Waals surface area contributed by atoms with Crippen LogP contribution < -0.4 is 5.73 Å². The Morgan fingerprint density at radius 1 is 1.18 bits per heavy atom. The summed E-state index contributed by atoms with van der Waals surface area (Å²) in [5.74, 6) is 1.33. The summed E-state index contributed by atoms with van der Waals surface area (Å²) in [6.07, 6.45) is 0.795. The van der Waals surface area contributed by atoms with Crippen LogP contribution in [0.15, 0.2) is 24.3 Å².